The molecule has 1 N–H and O–H groups in total. The minimum atomic E-state index is -2.03. The number of hydrogen-bond acceptors (Lipinski definition) is 4. The number of nitrogens with zero attached hydrogens (tertiary/aromatic N) is 1. The van der Waals surface area contributed by atoms with Crippen LogP contribution in [0.2, 0.25) is 18.1 Å². The van der Waals surface area contributed by atoms with Gasteiger partial charge in [-0.1, -0.05) is 39.0 Å². The molecule has 0 saturated heterocycles. The molecule has 0 aliphatic heterocycles. The van der Waals surface area contributed by atoms with E-state index < -0.39 is 8.32 Å². The number of thiophene rings is 1. The van der Waals surface area contributed by atoms with E-state index in [0.29, 0.717) is 11.3 Å². The molecule has 0 radical (unpaired) electrons. The standard InChI is InChI=1S/C19H26N2O2SSi/c1-14(17-12-9-13-24-17)20-21-18(22)15-10-7-8-11-16(15)23-25(5,6)19(2,3)4/h7-13H,1-6H3,(H,21,22)/b20-14+. The zero-order valence-electron chi connectivity index (χ0n) is 15.7. The molecule has 1 amide bonds. The van der Waals surface area contributed by atoms with Crippen molar-refractivity contribution >= 4 is 31.3 Å². The van der Waals surface area contributed by atoms with Crippen LogP contribution in [-0.4, -0.2) is 19.9 Å². The smallest absolute Gasteiger partial charge is 0.275 e. The third-order valence-electron chi connectivity index (χ3n) is 4.51. The number of rotatable bonds is 5. The van der Waals surface area contributed by atoms with Crippen LogP contribution in [0.25, 0.3) is 0 Å². The van der Waals surface area contributed by atoms with Crippen molar-refractivity contribution in [2.45, 2.75) is 45.8 Å². The number of nitrogens with one attached hydrogen (secondary N) is 1. The lowest BCUT2D eigenvalue weighted by Gasteiger charge is -2.36. The van der Waals surface area contributed by atoms with Crippen LogP contribution in [0.4, 0.5) is 0 Å². The Morgan fingerprint density at radius 1 is 1.16 bits per heavy atom. The Bertz CT molecular complexity index is 762. The van der Waals surface area contributed by atoms with E-state index in [1.54, 1.807) is 17.4 Å². The number of hydrazone groups is 1. The molecule has 1 heterocycles. The van der Waals surface area contributed by atoms with Crippen molar-refractivity contribution < 1.29 is 9.22 Å². The fourth-order valence-electron chi connectivity index (χ4n) is 1.91. The third-order valence-corrected chi connectivity index (χ3v) is 9.83. The summed E-state index contributed by atoms with van der Waals surface area (Å²) in [4.78, 5) is 13.6. The molecule has 0 saturated carbocycles. The fraction of sp³-hybridized carbons (Fsp3) is 0.368. The summed E-state index contributed by atoms with van der Waals surface area (Å²) in [5.41, 5.74) is 3.94. The van der Waals surface area contributed by atoms with E-state index in [1.807, 2.05) is 42.6 Å². The molecule has 0 bridgehead atoms. The number of para-hydroxylation sites is 1. The van der Waals surface area contributed by atoms with E-state index >= 15 is 0 Å². The number of benzene rings is 1. The Labute approximate surface area is 155 Å². The van der Waals surface area contributed by atoms with Gasteiger partial charge in [0.15, 0.2) is 0 Å². The van der Waals surface area contributed by atoms with Gasteiger partial charge in [0, 0.05) is 4.88 Å². The lowest BCUT2D eigenvalue weighted by atomic mass is 10.2. The molecule has 4 nitrogen and oxygen atoms in total. The molecule has 0 fully saturated rings. The topological polar surface area (TPSA) is 50.7 Å². The quantitative estimate of drug-likeness (QED) is 0.439. The SMILES string of the molecule is C/C(=N\NC(=O)c1ccccc1O[Si](C)(C)C(C)(C)C)c1cccs1. The van der Waals surface area contributed by atoms with Crippen molar-refractivity contribution in [1.29, 1.82) is 0 Å². The lowest BCUT2D eigenvalue weighted by Crippen LogP contribution is -2.44. The highest BCUT2D eigenvalue weighted by atomic mass is 32.1. The number of carbonyl (C=O) groups excluding carboxylic acids is 1. The first-order valence-electron chi connectivity index (χ1n) is 8.28. The Kier molecular flexibility index (Phi) is 5.85. The molecule has 1 aromatic carbocycles. The summed E-state index contributed by atoms with van der Waals surface area (Å²) in [7, 11) is -2.03. The first-order chi connectivity index (χ1) is 11.6. The largest absolute Gasteiger partial charge is 0.543 e. The third kappa shape index (κ3) is 4.80. The van der Waals surface area contributed by atoms with Crippen molar-refractivity contribution in [2.24, 2.45) is 5.10 Å². The maximum atomic E-state index is 12.6. The highest BCUT2D eigenvalue weighted by molar-refractivity contribution is 7.12. The maximum absolute atomic E-state index is 12.6. The monoisotopic (exact) mass is 374 g/mol. The van der Waals surface area contributed by atoms with Gasteiger partial charge in [-0.25, -0.2) is 5.43 Å². The summed E-state index contributed by atoms with van der Waals surface area (Å²) >= 11 is 1.59. The molecule has 2 rings (SSSR count). The van der Waals surface area contributed by atoms with Crippen LogP contribution in [0.1, 0.15) is 42.9 Å². The molecular weight excluding hydrogens is 348 g/mol. The van der Waals surface area contributed by atoms with E-state index in [2.05, 4.69) is 44.4 Å². The lowest BCUT2D eigenvalue weighted by molar-refractivity contribution is 0.0953. The van der Waals surface area contributed by atoms with Gasteiger partial charge in [0.25, 0.3) is 14.2 Å². The van der Waals surface area contributed by atoms with Crippen LogP contribution >= 0.6 is 11.3 Å². The summed E-state index contributed by atoms with van der Waals surface area (Å²) in [5, 5.41) is 6.26. The molecule has 0 aliphatic rings. The average Bonchev–Trinajstić information content (AvgIpc) is 3.06. The van der Waals surface area contributed by atoms with Crippen LogP contribution in [-0.2, 0) is 0 Å². The molecule has 0 unspecified atom stereocenters. The zero-order chi connectivity index (χ0) is 18.7. The fourth-order valence-corrected chi connectivity index (χ4v) is 3.62. The molecular formula is C19H26N2O2SSi. The zero-order valence-corrected chi connectivity index (χ0v) is 17.5. The predicted molar refractivity (Wildman–Crippen MR) is 108 cm³/mol. The van der Waals surface area contributed by atoms with Crippen LogP contribution in [0, 0.1) is 0 Å². The van der Waals surface area contributed by atoms with E-state index in [4.69, 9.17) is 4.43 Å². The van der Waals surface area contributed by atoms with Crippen LogP contribution < -0.4 is 9.85 Å². The minimum absolute atomic E-state index is 0.0600. The van der Waals surface area contributed by atoms with Gasteiger partial charge in [0.1, 0.15) is 5.75 Å². The Morgan fingerprint density at radius 2 is 1.84 bits per heavy atom. The molecule has 1 aromatic heterocycles. The summed E-state index contributed by atoms with van der Waals surface area (Å²) < 4.78 is 6.33. The molecule has 0 aliphatic carbocycles. The van der Waals surface area contributed by atoms with Gasteiger partial charge in [-0.15, -0.1) is 11.3 Å². The minimum Gasteiger partial charge on any atom is -0.543 e. The van der Waals surface area contributed by atoms with Crippen LogP contribution in [0.5, 0.6) is 5.75 Å². The average molecular weight is 375 g/mol. The normalized spacial score (nSPS) is 12.8. The van der Waals surface area contributed by atoms with Crippen molar-refractivity contribution in [3.63, 3.8) is 0 Å². The molecule has 25 heavy (non-hydrogen) atoms. The van der Waals surface area contributed by atoms with E-state index in [1.165, 1.54) is 0 Å². The maximum Gasteiger partial charge on any atom is 0.275 e. The predicted octanol–water partition coefficient (Wildman–Crippen LogP) is 5.29. The first kappa shape index (κ1) is 19.4. The Morgan fingerprint density at radius 3 is 2.44 bits per heavy atom. The van der Waals surface area contributed by atoms with Gasteiger partial charge < -0.3 is 4.43 Å². The second-order valence-electron chi connectivity index (χ2n) is 7.47. The second-order valence-corrected chi connectivity index (χ2v) is 13.1. The van der Waals surface area contributed by atoms with E-state index in [-0.39, 0.29) is 10.9 Å². The van der Waals surface area contributed by atoms with Gasteiger partial charge in [-0.3, -0.25) is 4.79 Å². The highest BCUT2D eigenvalue weighted by Gasteiger charge is 2.39. The summed E-state index contributed by atoms with van der Waals surface area (Å²) in [6.07, 6.45) is 0. The molecule has 2 aromatic rings. The van der Waals surface area contributed by atoms with Gasteiger partial charge in [0.2, 0.25) is 0 Å². The number of amides is 1. The molecule has 0 atom stereocenters. The highest BCUT2D eigenvalue weighted by Crippen LogP contribution is 2.38. The van der Waals surface area contributed by atoms with Crippen LogP contribution in [0.3, 0.4) is 0 Å². The number of carbonyl (C=O) groups is 1. The van der Waals surface area contributed by atoms with Gasteiger partial charge in [0.05, 0.1) is 11.3 Å². The second kappa shape index (κ2) is 7.54. The first-order valence-corrected chi connectivity index (χ1v) is 12.1. The summed E-state index contributed by atoms with van der Waals surface area (Å²) in [6, 6.07) is 11.3. The van der Waals surface area contributed by atoms with Crippen LogP contribution in [0.15, 0.2) is 46.9 Å². The summed E-state index contributed by atoms with van der Waals surface area (Å²) in [6.45, 7) is 12.7. The van der Waals surface area contributed by atoms with E-state index in [0.717, 1.165) is 10.6 Å². The van der Waals surface area contributed by atoms with E-state index in [9.17, 15) is 4.79 Å². The Balaban J connectivity index is 2.20. The van der Waals surface area contributed by atoms with Gasteiger partial charge >= 0.3 is 0 Å². The molecule has 6 heteroatoms. The number of hydrogen-bond donors (Lipinski definition) is 1. The van der Waals surface area contributed by atoms with Crippen molar-refractivity contribution in [2.75, 3.05) is 0 Å². The van der Waals surface area contributed by atoms with Gasteiger partial charge in [-0.2, -0.15) is 5.10 Å². The van der Waals surface area contributed by atoms with Gasteiger partial charge in [-0.05, 0) is 48.6 Å². The van der Waals surface area contributed by atoms with Crippen molar-refractivity contribution in [3.05, 3.63) is 52.2 Å². The molecule has 134 valence electrons. The Hall–Kier alpha value is -1.92. The van der Waals surface area contributed by atoms with Crippen molar-refractivity contribution in [3.8, 4) is 5.75 Å². The molecule has 0 spiro atoms. The summed E-state index contributed by atoms with van der Waals surface area (Å²) in [5.74, 6) is 0.362. The van der Waals surface area contributed by atoms with Crippen molar-refractivity contribution in [1.82, 2.24) is 5.43 Å².